The molecule has 2 heterocycles. The smallest absolute Gasteiger partial charge is 0.179 e. The first-order chi connectivity index (χ1) is 10.7. The summed E-state index contributed by atoms with van der Waals surface area (Å²) < 4.78 is 14.7. The van der Waals surface area contributed by atoms with Crippen molar-refractivity contribution >= 4 is 5.82 Å². The Kier molecular flexibility index (Phi) is 3.95. The lowest BCUT2D eigenvalue weighted by Crippen LogP contribution is -1.97. The molecule has 110 valence electrons. The second-order valence-corrected chi connectivity index (χ2v) is 4.73. The van der Waals surface area contributed by atoms with Gasteiger partial charge in [-0.05, 0) is 30.2 Å². The molecule has 0 aliphatic heterocycles. The van der Waals surface area contributed by atoms with Crippen LogP contribution in [0.1, 0.15) is 11.1 Å². The highest BCUT2D eigenvalue weighted by Crippen LogP contribution is 2.13. The first-order valence-electron chi connectivity index (χ1n) is 6.66. The van der Waals surface area contributed by atoms with Gasteiger partial charge in [-0.25, -0.2) is 19.0 Å². The van der Waals surface area contributed by atoms with Gasteiger partial charge in [-0.1, -0.05) is 12.1 Å². The van der Waals surface area contributed by atoms with Crippen LogP contribution in [0.2, 0.25) is 0 Å². The third-order valence-corrected chi connectivity index (χ3v) is 2.90. The molecule has 0 fully saturated rings. The minimum Gasteiger partial charge on any atom is -0.222 e. The lowest BCUT2D eigenvalue weighted by atomic mass is 10.2. The summed E-state index contributed by atoms with van der Waals surface area (Å²) in [5.74, 6) is 0.753. The van der Waals surface area contributed by atoms with Crippen LogP contribution in [-0.4, -0.2) is 19.7 Å². The largest absolute Gasteiger partial charge is 0.222 e. The lowest BCUT2D eigenvalue weighted by Gasteiger charge is -1.99. The highest BCUT2D eigenvalue weighted by molar-refractivity contribution is 5.34. The summed E-state index contributed by atoms with van der Waals surface area (Å²) in [5, 5.41) is 12.2. The molecule has 0 amide bonds. The Labute approximate surface area is 126 Å². The van der Waals surface area contributed by atoms with Gasteiger partial charge in [0.25, 0.3) is 0 Å². The van der Waals surface area contributed by atoms with E-state index in [1.165, 1.54) is 18.5 Å². The maximum Gasteiger partial charge on any atom is 0.179 e. The number of hydrogen-bond donors (Lipinski definition) is 0. The standard InChI is InChI=1S/C15H13FN6/c1-11-7-20-22(9-11)15-6-14(17-10-18-15)21-19-8-12-3-2-4-13(16)5-12/h2-7,9-10H,8H2,1H3. The van der Waals surface area contributed by atoms with E-state index in [0.717, 1.165) is 11.1 Å². The molecule has 0 bridgehead atoms. The molecule has 22 heavy (non-hydrogen) atoms. The Bertz CT molecular complexity index is 811. The predicted octanol–water partition coefficient (Wildman–Crippen LogP) is 3.39. The number of hydrogen-bond acceptors (Lipinski definition) is 5. The fraction of sp³-hybridized carbons (Fsp3) is 0.133. The maximum atomic E-state index is 13.1. The summed E-state index contributed by atoms with van der Waals surface area (Å²) in [6.45, 7) is 2.24. The average Bonchev–Trinajstić information content (AvgIpc) is 2.94. The quantitative estimate of drug-likeness (QED) is 0.693. The molecule has 2 aromatic heterocycles. The van der Waals surface area contributed by atoms with Gasteiger partial charge in [0, 0.05) is 12.3 Å². The van der Waals surface area contributed by atoms with Gasteiger partial charge in [-0.2, -0.15) is 10.2 Å². The van der Waals surface area contributed by atoms with Crippen molar-refractivity contribution in [3.63, 3.8) is 0 Å². The van der Waals surface area contributed by atoms with Crippen molar-refractivity contribution in [3.8, 4) is 5.82 Å². The van der Waals surface area contributed by atoms with Crippen molar-refractivity contribution in [2.45, 2.75) is 13.5 Å². The zero-order valence-corrected chi connectivity index (χ0v) is 11.9. The summed E-state index contributed by atoms with van der Waals surface area (Å²) in [6, 6.07) is 7.94. The summed E-state index contributed by atoms with van der Waals surface area (Å²) >= 11 is 0. The molecule has 0 spiro atoms. The Morgan fingerprint density at radius 3 is 2.91 bits per heavy atom. The van der Waals surface area contributed by atoms with E-state index < -0.39 is 0 Å². The third-order valence-electron chi connectivity index (χ3n) is 2.90. The SMILES string of the molecule is Cc1cnn(-c2cc(N=NCc3cccc(F)c3)ncn2)c1. The van der Waals surface area contributed by atoms with Crippen molar-refractivity contribution in [1.29, 1.82) is 0 Å². The number of benzene rings is 1. The van der Waals surface area contributed by atoms with Crippen molar-refractivity contribution in [2.75, 3.05) is 0 Å². The summed E-state index contributed by atoms with van der Waals surface area (Å²) in [6.07, 6.45) is 5.01. The Balaban J connectivity index is 1.74. The first kappa shape index (κ1) is 14.0. The van der Waals surface area contributed by atoms with E-state index in [-0.39, 0.29) is 12.4 Å². The van der Waals surface area contributed by atoms with Gasteiger partial charge in [0.05, 0.1) is 12.7 Å². The van der Waals surface area contributed by atoms with Gasteiger partial charge >= 0.3 is 0 Å². The molecule has 0 radical (unpaired) electrons. The van der Waals surface area contributed by atoms with Crippen LogP contribution in [0.15, 0.2) is 59.3 Å². The Morgan fingerprint density at radius 1 is 1.23 bits per heavy atom. The third kappa shape index (κ3) is 3.38. The van der Waals surface area contributed by atoms with Crippen molar-refractivity contribution in [2.24, 2.45) is 10.2 Å². The lowest BCUT2D eigenvalue weighted by molar-refractivity contribution is 0.625. The van der Waals surface area contributed by atoms with E-state index in [2.05, 4.69) is 25.3 Å². The van der Waals surface area contributed by atoms with Crippen LogP contribution < -0.4 is 0 Å². The Hall–Kier alpha value is -2.96. The normalized spacial score (nSPS) is 11.2. The second-order valence-electron chi connectivity index (χ2n) is 4.73. The van der Waals surface area contributed by atoms with E-state index in [0.29, 0.717) is 11.6 Å². The molecule has 1 aromatic carbocycles. The molecule has 0 saturated heterocycles. The van der Waals surface area contributed by atoms with E-state index in [1.807, 2.05) is 13.1 Å². The van der Waals surface area contributed by atoms with Gasteiger partial charge < -0.3 is 0 Å². The number of halogens is 1. The van der Waals surface area contributed by atoms with Gasteiger partial charge in [-0.3, -0.25) is 0 Å². The van der Waals surface area contributed by atoms with Crippen LogP contribution in [0.5, 0.6) is 0 Å². The van der Waals surface area contributed by atoms with Gasteiger partial charge in [0.1, 0.15) is 12.1 Å². The van der Waals surface area contributed by atoms with Gasteiger partial charge in [-0.15, -0.1) is 5.11 Å². The molecule has 0 saturated carbocycles. The molecule has 0 unspecified atom stereocenters. The summed E-state index contributed by atoms with van der Waals surface area (Å²) in [5.41, 5.74) is 1.79. The first-order valence-corrected chi connectivity index (χ1v) is 6.66. The van der Waals surface area contributed by atoms with E-state index in [1.54, 1.807) is 29.1 Å². The number of aryl methyl sites for hydroxylation is 1. The number of rotatable bonds is 4. The topological polar surface area (TPSA) is 68.3 Å². The van der Waals surface area contributed by atoms with Crippen LogP contribution in [0.4, 0.5) is 10.2 Å². The molecule has 7 heteroatoms. The monoisotopic (exact) mass is 296 g/mol. The molecule has 3 rings (SSSR count). The molecule has 6 nitrogen and oxygen atoms in total. The fourth-order valence-electron chi connectivity index (χ4n) is 1.88. The van der Waals surface area contributed by atoms with Crippen LogP contribution in [-0.2, 0) is 6.54 Å². The fourth-order valence-corrected chi connectivity index (χ4v) is 1.88. The Morgan fingerprint density at radius 2 is 2.14 bits per heavy atom. The molecule has 0 aliphatic rings. The predicted molar refractivity (Wildman–Crippen MR) is 78.5 cm³/mol. The molecule has 0 aliphatic carbocycles. The highest BCUT2D eigenvalue weighted by atomic mass is 19.1. The molecule has 3 aromatic rings. The average molecular weight is 296 g/mol. The highest BCUT2D eigenvalue weighted by Gasteiger charge is 2.02. The van der Waals surface area contributed by atoms with Crippen molar-refractivity contribution in [1.82, 2.24) is 19.7 Å². The molecular weight excluding hydrogens is 283 g/mol. The van der Waals surface area contributed by atoms with Crippen LogP contribution in [0, 0.1) is 12.7 Å². The van der Waals surface area contributed by atoms with E-state index >= 15 is 0 Å². The van der Waals surface area contributed by atoms with Crippen LogP contribution in [0.25, 0.3) is 5.82 Å². The number of aromatic nitrogens is 4. The zero-order chi connectivity index (χ0) is 15.4. The molecule has 0 N–H and O–H groups in total. The maximum absolute atomic E-state index is 13.1. The second kappa shape index (κ2) is 6.21. The number of nitrogens with zero attached hydrogens (tertiary/aromatic N) is 6. The van der Waals surface area contributed by atoms with Gasteiger partial charge in [0.15, 0.2) is 11.6 Å². The molecular formula is C15H13FN6. The summed E-state index contributed by atoms with van der Waals surface area (Å²) in [7, 11) is 0. The molecule has 0 atom stereocenters. The minimum absolute atomic E-state index is 0.286. The van der Waals surface area contributed by atoms with Crippen LogP contribution >= 0.6 is 0 Å². The zero-order valence-electron chi connectivity index (χ0n) is 11.9. The van der Waals surface area contributed by atoms with E-state index in [4.69, 9.17) is 0 Å². The van der Waals surface area contributed by atoms with E-state index in [9.17, 15) is 4.39 Å². The summed E-state index contributed by atoms with van der Waals surface area (Å²) in [4.78, 5) is 8.17. The number of azo groups is 1. The van der Waals surface area contributed by atoms with Crippen molar-refractivity contribution < 1.29 is 4.39 Å². The van der Waals surface area contributed by atoms with Crippen molar-refractivity contribution in [3.05, 3.63) is 66.0 Å². The van der Waals surface area contributed by atoms with Crippen LogP contribution in [0.3, 0.4) is 0 Å². The van der Waals surface area contributed by atoms with Gasteiger partial charge in [0.2, 0.25) is 0 Å². The minimum atomic E-state index is -0.286.